The minimum absolute atomic E-state index is 0.0374. The van der Waals surface area contributed by atoms with E-state index < -0.39 is 11.8 Å². The Morgan fingerprint density at radius 3 is 2.37 bits per heavy atom. The van der Waals surface area contributed by atoms with Crippen LogP contribution in [-0.2, 0) is 11.2 Å². The van der Waals surface area contributed by atoms with Crippen LogP contribution in [0.1, 0.15) is 76.7 Å². The minimum Gasteiger partial charge on any atom is -0.426 e. The lowest BCUT2D eigenvalue weighted by atomic mass is 9.67. The molecule has 2 atom stereocenters. The first kappa shape index (κ1) is 23.0. The highest BCUT2D eigenvalue weighted by molar-refractivity contribution is 5.75. The van der Waals surface area contributed by atoms with Crippen molar-refractivity contribution in [3.05, 3.63) is 42.5 Å². The van der Waals surface area contributed by atoms with Crippen LogP contribution in [0.15, 0.2) is 36.9 Å². The fourth-order valence-electron chi connectivity index (χ4n) is 5.37. The summed E-state index contributed by atoms with van der Waals surface area (Å²) >= 11 is 0. The third kappa shape index (κ3) is 5.92. The summed E-state index contributed by atoms with van der Waals surface area (Å²) < 4.78 is 34.6. The molecule has 0 aliphatic heterocycles. The highest BCUT2D eigenvalue weighted by Crippen LogP contribution is 2.48. The fourth-order valence-corrected chi connectivity index (χ4v) is 5.37. The molecular weight excluding hydrogens is 382 g/mol. The molecule has 0 spiro atoms. The largest absolute Gasteiger partial charge is 0.426 e. The van der Waals surface area contributed by atoms with Crippen LogP contribution in [0, 0.1) is 23.7 Å². The fraction of sp³-hybridized carbons (Fsp3) is 0.654. The monoisotopic (exact) mass is 418 g/mol. The van der Waals surface area contributed by atoms with Gasteiger partial charge in [0.25, 0.3) is 5.92 Å². The van der Waals surface area contributed by atoms with Gasteiger partial charge in [0.2, 0.25) is 0 Å². The lowest BCUT2D eigenvalue weighted by Gasteiger charge is -2.41. The first-order valence-electron chi connectivity index (χ1n) is 11.7. The molecule has 0 saturated heterocycles. The summed E-state index contributed by atoms with van der Waals surface area (Å²) in [4.78, 5) is 12.6. The van der Waals surface area contributed by atoms with E-state index in [1.54, 1.807) is 0 Å². The molecule has 2 saturated carbocycles. The van der Waals surface area contributed by atoms with E-state index in [9.17, 15) is 13.6 Å². The number of benzene rings is 1. The van der Waals surface area contributed by atoms with Crippen LogP contribution in [0.5, 0.6) is 5.75 Å². The van der Waals surface area contributed by atoms with Crippen molar-refractivity contribution in [3.8, 4) is 5.75 Å². The predicted molar refractivity (Wildman–Crippen MR) is 117 cm³/mol. The standard InChI is InChI=1S/C26H36F2O2/c1-3-5-7-19-8-16-24(17-9-19)30-25(29)21-12-10-20(11-13-21)22-14-15-23(6-4-2)26(27,28)18-22/h3,8-9,16-17,20-23H,1,4-7,10-15,18H2,2H3. The van der Waals surface area contributed by atoms with Crippen LogP contribution in [0.25, 0.3) is 0 Å². The van der Waals surface area contributed by atoms with Crippen LogP contribution >= 0.6 is 0 Å². The molecule has 0 amide bonds. The van der Waals surface area contributed by atoms with Gasteiger partial charge in [-0.3, -0.25) is 4.79 Å². The number of carbonyl (C=O) groups is 1. The first-order chi connectivity index (χ1) is 14.4. The van der Waals surface area contributed by atoms with Gasteiger partial charge in [-0.2, -0.15) is 0 Å². The summed E-state index contributed by atoms with van der Waals surface area (Å²) in [7, 11) is 0. The van der Waals surface area contributed by atoms with Crippen LogP contribution in [0.2, 0.25) is 0 Å². The molecule has 2 aliphatic rings. The molecule has 0 heterocycles. The molecule has 0 radical (unpaired) electrons. The van der Waals surface area contributed by atoms with Crippen LogP contribution in [0.3, 0.4) is 0 Å². The predicted octanol–water partition coefficient (Wildman–Crippen LogP) is 7.37. The zero-order valence-corrected chi connectivity index (χ0v) is 18.3. The molecule has 1 aromatic rings. The van der Waals surface area contributed by atoms with E-state index >= 15 is 0 Å². The maximum Gasteiger partial charge on any atom is 0.314 e. The van der Waals surface area contributed by atoms with Gasteiger partial charge in [0, 0.05) is 12.3 Å². The van der Waals surface area contributed by atoms with E-state index in [-0.39, 0.29) is 24.2 Å². The lowest BCUT2D eigenvalue weighted by molar-refractivity contribution is -0.141. The summed E-state index contributed by atoms with van der Waals surface area (Å²) in [6.45, 7) is 5.72. The summed E-state index contributed by atoms with van der Waals surface area (Å²) in [6.07, 6.45) is 10.0. The van der Waals surface area contributed by atoms with Gasteiger partial charge >= 0.3 is 5.97 Å². The van der Waals surface area contributed by atoms with Gasteiger partial charge in [0.15, 0.2) is 0 Å². The normalized spacial score (nSPS) is 28.6. The SMILES string of the molecule is C=CCCc1ccc(OC(=O)C2CCC(C3CCC(CCC)C(F)(F)C3)CC2)cc1. The average molecular weight is 419 g/mol. The quantitative estimate of drug-likeness (QED) is 0.250. The number of esters is 1. The molecule has 166 valence electrons. The molecule has 0 aromatic heterocycles. The molecule has 2 fully saturated rings. The van der Waals surface area contributed by atoms with Gasteiger partial charge < -0.3 is 4.74 Å². The zero-order chi connectivity index (χ0) is 21.6. The number of hydrogen-bond acceptors (Lipinski definition) is 2. The van der Waals surface area contributed by atoms with Crippen molar-refractivity contribution in [1.29, 1.82) is 0 Å². The summed E-state index contributed by atoms with van der Waals surface area (Å²) in [5.41, 5.74) is 1.20. The molecule has 2 unspecified atom stereocenters. The maximum atomic E-state index is 14.5. The van der Waals surface area contributed by atoms with Crippen molar-refractivity contribution in [2.75, 3.05) is 0 Å². The second-order valence-corrected chi connectivity index (χ2v) is 9.29. The summed E-state index contributed by atoms with van der Waals surface area (Å²) in [6, 6.07) is 7.66. The topological polar surface area (TPSA) is 26.3 Å². The smallest absolute Gasteiger partial charge is 0.314 e. The van der Waals surface area contributed by atoms with Gasteiger partial charge in [-0.05, 0) is 87.3 Å². The molecule has 30 heavy (non-hydrogen) atoms. The lowest BCUT2D eigenvalue weighted by Crippen LogP contribution is -2.39. The number of rotatable bonds is 8. The Balaban J connectivity index is 1.46. The molecule has 2 nitrogen and oxygen atoms in total. The van der Waals surface area contributed by atoms with Gasteiger partial charge in [-0.25, -0.2) is 8.78 Å². The van der Waals surface area contributed by atoms with Gasteiger partial charge in [-0.1, -0.05) is 31.6 Å². The van der Waals surface area contributed by atoms with E-state index in [1.165, 1.54) is 5.56 Å². The second kappa shape index (κ2) is 10.5. The van der Waals surface area contributed by atoms with E-state index in [0.717, 1.165) is 51.4 Å². The van der Waals surface area contributed by atoms with Crippen molar-refractivity contribution in [2.24, 2.45) is 23.7 Å². The van der Waals surface area contributed by atoms with Crippen LogP contribution in [-0.4, -0.2) is 11.9 Å². The maximum absolute atomic E-state index is 14.5. The molecule has 1 aromatic carbocycles. The Morgan fingerprint density at radius 1 is 1.10 bits per heavy atom. The minimum atomic E-state index is -2.52. The van der Waals surface area contributed by atoms with E-state index in [4.69, 9.17) is 4.74 Å². The number of aryl methyl sites for hydroxylation is 1. The molecule has 3 rings (SSSR count). The van der Waals surface area contributed by atoms with Gasteiger partial charge in [0.1, 0.15) is 5.75 Å². The average Bonchev–Trinajstić information content (AvgIpc) is 2.74. The summed E-state index contributed by atoms with van der Waals surface area (Å²) in [5.74, 6) is -2.23. The van der Waals surface area contributed by atoms with Gasteiger partial charge in [0.05, 0.1) is 5.92 Å². The van der Waals surface area contributed by atoms with Crippen LogP contribution < -0.4 is 4.74 Å². The Labute approximate surface area is 180 Å². The first-order valence-corrected chi connectivity index (χ1v) is 11.7. The number of allylic oxidation sites excluding steroid dienone is 1. The van der Waals surface area contributed by atoms with Crippen LogP contribution in [0.4, 0.5) is 8.78 Å². The molecule has 4 heteroatoms. The number of hydrogen-bond donors (Lipinski definition) is 0. The molecule has 0 bridgehead atoms. The number of ether oxygens (including phenoxy) is 1. The zero-order valence-electron chi connectivity index (χ0n) is 18.3. The van der Waals surface area contributed by atoms with Crippen molar-refractivity contribution < 1.29 is 18.3 Å². The second-order valence-electron chi connectivity index (χ2n) is 9.29. The van der Waals surface area contributed by atoms with E-state index in [2.05, 4.69) is 6.58 Å². The Kier molecular flexibility index (Phi) is 8.07. The molecule has 2 aliphatic carbocycles. The Hall–Kier alpha value is -1.71. The third-order valence-corrected chi connectivity index (χ3v) is 7.21. The number of carbonyl (C=O) groups excluding carboxylic acids is 1. The number of alkyl halides is 2. The van der Waals surface area contributed by atoms with Crippen molar-refractivity contribution in [2.45, 2.75) is 83.5 Å². The van der Waals surface area contributed by atoms with E-state index in [1.807, 2.05) is 37.3 Å². The van der Waals surface area contributed by atoms with E-state index in [0.29, 0.717) is 24.5 Å². The van der Waals surface area contributed by atoms with Crippen molar-refractivity contribution in [1.82, 2.24) is 0 Å². The molecular formula is C26H36F2O2. The third-order valence-electron chi connectivity index (χ3n) is 7.21. The Morgan fingerprint density at radius 2 is 1.77 bits per heavy atom. The highest BCUT2D eigenvalue weighted by Gasteiger charge is 2.46. The van der Waals surface area contributed by atoms with Crippen molar-refractivity contribution in [3.63, 3.8) is 0 Å². The van der Waals surface area contributed by atoms with Gasteiger partial charge in [-0.15, -0.1) is 6.58 Å². The Bertz CT molecular complexity index is 689. The highest BCUT2D eigenvalue weighted by atomic mass is 19.3. The summed E-state index contributed by atoms with van der Waals surface area (Å²) in [5, 5.41) is 0. The number of halogens is 2. The van der Waals surface area contributed by atoms with Crippen molar-refractivity contribution >= 4 is 5.97 Å². The molecule has 0 N–H and O–H groups in total.